The van der Waals surface area contributed by atoms with Crippen LogP contribution in [0.25, 0.3) is 0 Å². The zero-order chi connectivity index (χ0) is 15.6. The number of carbonyl (C=O) groups excluding carboxylic acids is 1. The average Bonchev–Trinajstić information content (AvgIpc) is 2.40. The van der Waals surface area contributed by atoms with Crippen LogP contribution in [0, 0.1) is 6.92 Å². The summed E-state index contributed by atoms with van der Waals surface area (Å²) in [5.41, 5.74) is 0.289. The van der Waals surface area contributed by atoms with Crippen LogP contribution in [0.15, 0.2) is 6.33 Å². The van der Waals surface area contributed by atoms with Gasteiger partial charge in [0.1, 0.15) is 17.0 Å². The molecule has 0 unspecified atom stereocenters. The van der Waals surface area contributed by atoms with Crippen molar-refractivity contribution in [1.29, 1.82) is 0 Å². The Morgan fingerprint density at radius 3 is 2.43 bits per heavy atom. The van der Waals surface area contributed by atoms with Gasteiger partial charge in [-0.2, -0.15) is 0 Å². The van der Waals surface area contributed by atoms with Gasteiger partial charge in [0.05, 0.1) is 5.69 Å². The van der Waals surface area contributed by atoms with Gasteiger partial charge in [-0.15, -0.1) is 0 Å². The monoisotopic (exact) mass is 312 g/mol. The number of hydrogen-bond acceptors (Lipinski definition) is 5. The Morgan fingerprint density at radius 2 is 1.86 bits per heavy atom. The summed E-state index contributed by atoms with van der Waals surface area (Å²) in [7, 11) is 0. The van der Waals surface area contributed by atoms with Gasteiger partial charge >= 0.3 is 6.09 Å². The van der Waals surface area contributed by atoms with Crippen molar-refractivity contribution < 1.29 is 9.53 Å². The molecule has 1 saturated heterocycles. The molecule has 0 saturated carbocycles. The number of aromatic nitrogens is 2. The van der Waals surface area contributed by atoms with Gasteiger partial charge in [0, 0.05) is 26.2 Å². The summed E-state index contributed by atoms with van der Waals surface area (Å²) in [6.07, 6.45) is 1.24. The van der Waals surface area contributed by atoms with Gasteiger partial charge in [0.15, 0.2) is 5.82 Å². The fraction of sp³-hybridized carbons (Fsp3) is 0.643. The number of nitrogens with zero attached hydrogens (tertiary/aromatic N) is 4. The maximum atomic E-state index is 12.0. The number of anilines is 1. The lowest BCUT2D eigenvalue weighted by Gasteiger charge is -2.36. The van der Waals surface area contributed by atoms with Gasteiger partial charge in [0.2, 0.25) is 0 Å². The largest absolute Gasteiger partial charge is 0.444 e. The van der Waals surface area contributed by atoms with Crippen molar-refractivity contribution in [3.05, 3.63) is 17.0 Å². The van der Waals surface area contributed by atoms with Crippen LogP contribution in [0.2, 0.25) is 5.02 Å². The highest BCUT2D eigenvalue weighted by molar-refractivity contribution is 6.33. The topological polar surface area (TPSA) is 58.6 Å². The highest BCUT2D eigenvalue weighted by atomic mass is 35.5. The minimum atomic E-state index is -0.471. The summed E-state index contributed by atoms with van der Waals surface area (Å²) in [4.78, 5) is 24.1. The van der Waals surface area contributed by atoms with Gasteiger partial charge in [-0.25, -0.2) is 14.8 Å². The Hall–Kier alpha value is -1.56. The fourth-order valence-corrected chi connectivity index (χ4v) is 2.31. The molecule has 0 aliphatic carbocycles. The first-order chi connectivity index (χ1) is 9.78. The molecular weight excluding hydrogens is 292 g/mol. The molecule has 0 N–H and O–H groups in total. The van der Waals surface area contributed by atoms with Crippen LogP contribution in [-0.2, 0) is 4.74 Å². The lowest BCUT2D eigenvalue weighted by atomic mass is 10.2. The number of carbonyl (C=O) groups is 1. The van der Waals surface area contributed by atoms with E-state index in [2.05, 4.69) is 14.9 Å². The molecule has 1 aliphatic heterocycles. The first kappa shape index (κ1) is 15.8. The zero-order valence-electron chi connectivity index (χ0n) is 12.9. The number of rotatable bonds is 1. The zero-order valence-corrected chi connectivity index (χ0v) is 13.6. The van der Waals surface area contributed by atoms with E-state index in [9.17, 15) is 4.79 Å². The molecule has 1 aromatic heterocycles. The molecule has 6 nitrogen and oxygen atoms in total. The quantitative estimate of drug-likeness (QED) is 0.797. The molecule has 0 bridgehead atoms. The molecule has 7 heteroatoms. The Kier molecular flexibility index (Phi) is 4.56. The lowest BCUT2D eigenvalue weighted by Crippen LogP contribution is -2.50. The molecule has 2 heterocycles. The molecule has 1 fully saturated rings. The minimum absolute atomic E-state index is 0.271. The van der Waals surface area contributed by atoms with Crippen LogP contribution in [0.1, 0.15) is 26.5 Å². The second-order valence-electron chi connectivity index (χ2n) is 6.05. The number of amides is 1. The Balaban J connectivity index is 1.97. The molecule has 0 spiro atoms. The molecule has 1 amide bonds. The second-order valence-corrected chi connectivity index (χ2v) is 6.43. The first-order valence-electron chi connectivity index (χ1n) is 6.98. The van der Waals surface area contributed by atoms with Crippen molar-refractivity contribution in [2.24, 2.45) is 0 Å². The SMILES string of the molecule is Cc1ncnc(N2CCN(C(=O)OC(C)(C)C)CC2)c1Cl. The second kappa shape index (κ2) is 6.05. The highest BCUT2D eigenvalue weighted by Crippen LogP contribution is 2.25. The minimum Gasteiger partial charge on any atom is -0.444 e. The maximum Gasteiger partial charge on any atom is 0.410 e. The molecule has 21 heavy (non-hydrogen) atoms. The van der Waals surface area contributed by atoms with E-state index in [0.717, 1.165) is 11.5 Å². The lowest BCUT2D eigenvalue weighted by molar-refractivity contribution is 0.0240. The first-order valence-corrected chi connectivity index (χ1v) is 7.36. The van der Waals surface area contributed by atoms with E-state index < -0.39 is 5.60 Å². The van der Waals surface area contributed by atoms with Gasteiger partial charge in [-0.1, -0.05) is 11.6 Å². The van der Waals surface area contributed by atoms with Gasteiger partial charge in [0.25, 0.3) is 0 Å². The number of hydrogen-bond donors (Lipinski definition) is 0. The van der Waals surface area contributed by atoms with Crippen LogP contribution >= 0.6 is 11.6 Å². The molecule has 2 rings (SSSR count). The predicted octanol–water partition coefficient (Wildman–Crippen LogP) is 2.50. The fourth-order valence-electron chi connectivity index (χ4n) is 2.09. The summed E-state index contributed by atoms with van der Waals surface area (Å²) in [6.45, 7) is 9.98. The third-order valence-electron chi connectivity index (χ3n) is 3.18. The smallest absolute Gasteiger partial charge is 0.410 e. The molecule has 116 valence electrons. The standard InChI is InChI=1S/C14H21ClN4O2/c1-10-11(15)12(17-9-16-10)18-5-7-19(8-6-18)13(20)21-14(2,3)4/h9H,5-8H2,1-4H3. The maximum absolute atomic E-state index is 12.0. The molecule has 0 radical (unpaired) electrons. The highest BCUT2D eigenvalue weighted by Gasteiger charge is 2.27. The van der Waals surface area contributed by atoms with Crippen LogP contribution in [0.5, 0.6) is 0 Å². The third-order valence-corrected chi connectivity index (χ3v) is 3.62. The third kappa shape index (κ3) is 3.97. The summed E-state index contributed by atoms with van der Waals surface area (Å²) < 4.78 is 5.38. The van der Waals surface area contributed by atoms with Crippen LogP contribution < -0.4 is 4.90 Å². The summed E-state index contributed by atoms with van der Waals surface area (Å²) in [6, 6.07) is 0. The summed E-state index contributed by atoms with van der Waals surface area (Å²) >= 11 is 6.24. The van der Waals surface area contributed by atoms with E-state index in [-0.39, 0.29) is 6.09 Å². The predicted molar refractivity (Wildman–Crippen MR) is 81.8 cm³/mol. The molecule has 1 aliphatic rings. The Labute approximate surface area is 130 Å². The van der Waals surface area contributed by atoms with E-state index in [1.54, 1.807) is 4.90 Å². The Morgan fingerprint density at radius 1 is 1.24 bits per heavy atom. The van der Waals surface area contributed by atoms with Crippen LogP contribution in [0.4, 0.5) is 10.6 Å². The van der Waals surface area contributed by atoms with Crippen molar-refractivity contribution >= 4 is 23.5 Å². The van der Waals surface area contributed by atoms with Crippen molar-refractivity contribution in [2.45, 2.75) is 33.3 Å². The van der Waals surface area contributed by atoms with Gasteiger partial charge < -0.3 is 14.5 Å². The molecule has 0 aromatic carbocycles. The van der Waals surface area contributed by atoms with E-state index in [4.69, 9.17) is 16.3 Å². The van der Waals surface area contributed by atoms with E-state index in [1.165, 1.54) is 6.33 Å². The van der Waals surface area contributed by atoms with Crippen molar-refractivity contribution in [1.82, 2.24) is 14.9 Å². The average molecular weight is 313 g/mol. The summed E-state index contributed by atoms with van der Waals surface area (Å²) in [5, 5.41) is 0.572. The number of piperazine rings is 1. The number of halogens is 1. The molecule has 0 atom stereocenters. The van der Waals surface area contributed by atoms with Gasteiger partial charge in [-0.05, 0) is 27.7 Å². The van der Waals surface area contributed by atoms with E-state index >= 15 is 0 Å². The number of aryl methyl sites for hydroxylation is 1. The normalized spacial score (nSPS) is 16.0. The van der Waals surface area contributed by atoms with Crippen molar-refractivity contribution in [3.8, 4) is 0 Å². The summed E-state index contributed by atoms with van der Waals surface area (Å²) in [5.74, 6) is 0.730. The van der Waals surface area contributed by atoms with Crippen molar-refractivity contribution in [2.75, 3.05) is 31.1 Å². The number of ether oxygens (including phenoxy) is 1. The van der Waals surface area contributed by atoms with Crippen LogP contribution in [0.3, 0.4) is 0 Å². The molecular formula is C14H21ClN4O2. The van der Waals surface area contributed by atoms with Gasteiger partial charge in [-0.3, -0.25) is 0 Å². The Bertz CT molecular complexity index is 522. The van der Waals surface area contributed by atoms with Crippen LogP contribution in [-0.4, -0.2) is 52.7 Å². The van der Waals surface area contributed by atoms with E-state index in [0.29, 0.717) is 31.2 Å². The van der Waals surface area contributed by atoms with E-state index in [1.807, 2.05) is 27.7 Å². The van der Waals surface area contributed by atoms with Crippen molar-refractivity contribution in [3.63, 3.8) is 0 Å². The molecule has 1 aromatic rings.